The zero-order valence-electron chi connectivity index (χ0n) is 8.95. The summed E-state index contributed by atoms with van der Waals surface area (Å²) >= 11 is 0. The van der Waals surface area contributed by atoms with E-state index in [2.05, 4.69) is 35.1 Å². The summed E-state index contributed by atoms with van der Waals surface area (Å²) in [5.74, 6) is 0. The summed E-state index contributed by atoms with van der Waals surface area (Å²) in [6.45, 7) is 2.50. The largest absolute Gasteiger partial charge is 0.346 e. The van der Waals surface area contributed by atoms with Crippen molar-refractivity contribution in [3.8, 4) is 0 Å². The smallest absolute Gasteiger partial charge is 0.144 e. The molecule has 16 heavy (non-hydrogen) atoms. The van der Waals surface area contributed by atoms with Gasteiger partial charge in [0.15, 0.2) is 0 Å². The molecule has 1 aliphatic heterocycles. The van der Waals surface area contributed by atoms with Gasteiger partial charge in [0.25, 0.3) is 0 Å². The molecule has 88 valence electrons. The Hall–Kier alpha value is -1.76. The lowest BCUT2D eigenvalue weighted by Gasteiger charge is -2.08. The van der Waals surface area contributed by atoms with Gasteiger partial charge < -0.3 is 14.4 Å². The molecule has 0 bridgehead atoms. The van der Waals surface area contributed by atoms with Gasteiger partial charge in [0.05, 0.1) is 12.4 Å². The fraction of sp³-hybridized carbons (Fsp3) is 0.556. The van der Waals surface area contributed by atoms with Crippen molar-refractivity contribution in [3.63, 3.8) is 0 Å². The molecule has 1 fully saturated rings. The molecule has 0 spiro atoms. The molecule has 7 heteroatoms. The minimum absolute atomic E-state index is 1.25. The van der Waals surface area contributed by atoms with Gasteiger partial charge in [0.2, 0.25) is 0 Å². The van der Waals surface area contributed by atoms with E-state index in [0.29, 0.717) is 0 Å². The third-order valence-electron chi connectivity index (χ3n) is 1.77. The SMILES string of the molecule is C1CCNCC1.c1conn1.c1conn1. The predicted octanol–water partition coefficient (Wildman–Crippen LogP) is 0.899. The van der Waals surface area contributed by atoms with Gasteiger partial charge in [-0.25, -0.2) is 0 Å². The summed E-state index contributed by atoms with van der Waals surface area (Å²) in [5.41, 5.74) is 0. The van der Waals surface area contributed by atoms with E-state index in [1.54, 1.807) is 0 Å². The van der Waals surface area contributed by atoms with Gasteiger partial charge in [-0.15, -0.1) is 10.2 Å². The highest BCUT2D eigenvalue weighted by molar-refractivity contribution is 4.55. The maximum Gasteiger partial charge on any atom is 0.144 e. The number of nitrogens with one attached hydrogen (secondary N) is 1. The Balaban J connectivity index is 0.000000121. The molecule has 0 radical (unpaired) electrons. The van der Waals surface area contributed by atoms with Gasteiger partial charge >= 0.3 is 0 Å². The van der Waals surface area contributed by atoms with Crippen LogP contribution in [0.2, 0.25) is 0 Å². The third-order valence-corrected chi connectivity index (χ3v) is 1.77. The molecule has 0 saturated carbocycles. The van der Waals surface area contributed by atoms with E-state index in [4.69, 9.17) is 0 Å². The lowest BCUT2D eigenvalue weighted by molar-refractivity contribution is 0.392. The second-order valence-electron chi connectivity index (χ2n) is 2.99. The summed E-state index contributed by atoms with van der Waals surface area (Å²) in [5, 5.41) is 16.1. The highest BCUT2D eigenvalue weighted by Gasteiger charge is 1.93. The van der Waals surface area contributed by atoms with Crippen LogP contribution in [0.5, 0.6) is 0 Å². The minimum atomic E-state index is 1.25. The lowest BCUT2D eigenvalue weighted by Crippen LogP contribution is -2.21. The Bertz CT molecular complexity index is 221. The average Bonchev–Trinajstić information content (AvgIpc) is 3.10. The van der Waals surface area contributed by atoms with Gasteiger partial charge in [0, 0.05) is 10.5 Å². The minimum Gasteiger partial charge on any atom is -0.346 e. The Kier molecular flexibility index (Phi) is 7.53. The highest BCUT2D eigenvalue weighted by Crippen LogP contribution is 1.96. The average molecular weight is 225 g/mol. The van der Waals surface area contributed by atoms with Crippen LogP contribution in [0.25, 0.3) is 0 Å². The second kappa shape index (κ2) is 9.78. The van der Waals surface area contributed by atoms with Crippen molar-refractivity contribution in [2.45, 2.75) is 19.3 Å². The van der Waals surface area contributed by atoms with E-state index >= 15 is 0 Å². The van der Waals surface area contributed by atoms with Gasteiger partial charge in [-0.2, -0.15) is 0 Å². The molecular formula is C9H15N5O2. The molecule has 3 rings (SSSR count). The van der Waals surface area contributed by atoms with E-state index in [-0.39, 0.29) is 0 Å². The Morgan fingerprint density at radius 2 is 1.38 bits per heavy atom. The maximum atomic E-state index is 4.22. The molecule has 1 aliphatic rings. The Labute approximate surface area is 93.2 Å². The quantitative estimate of drug-likeness (QED) is 0.712. The van der Waals surface area contributed by atoms with Crippen LogP contribution < -0.4 is 5.32 Å². The summed E-state index contributed by atoms with van der Waals surface area (Å²) < 4.78 is 8.44. The molecular weight excluding hydrogens is 210 g/mol. The molecule has 0 aromatic carbocycles. The first-order valence-electron chi connectivity index (χ1n) is 5.13. The van der Waals surface area contributed by atoms with E-state index in [0.717, 1.165) is 0 Å². The zero-order chi connectivity index (χ0) is 11.3. The number of nitrogens with zero attached hydrogens (tertiary/aromatic N) is 4. The summed E-state index contributed by atoms with van der Waals surface area (Å²) in [7, 11) is 0. The molecule has 3 heterocycles. The van der Waals surface area contributed by atoms with Crippen molar-refractivity contribution in [3.05, 3.63) is 24.9 Å². The van der Waals surface area contributed by atoms with E-state index < -0.39 is 0 Å². The van der Waals surface area contributed by atoms with Crippen LogP contribution in [0.15, 0.2) is 34.0 Å². The van der Waals surface area contributed by atoms with Crippen LogP contribution in [0.4, 0.5) is 0 Å². The highest BCUT2D eigenvalue weighted by atomic mass is 16.5. The number of aromatic nitrogens is 4. The van der Waals surface area contributed by atoms with E-state index in [9.17, 15) is 0 Å². The molecule has 7 nitrogen and oxygen atoms in total. The topological polar surface area (TPSA) is 89.9 Å². The van der Waals surface area contributed by atoms with E-state index in [1.165, 1.54) is 57.3 Å². The molecule has 0 amide bonds. The van der Waals surface area contributed by atoms with Gasteiger partial charge in [-0.1, -0.05) is 6.42 Å². The number of piperidine rings is 1. The third kappa shape index (κ3) is 7.63. The molecule has 2 aromatic heterocycles. The monoisotopic (exact) mass is 225 g/mol. The molecule has 2 aromatic rings. The van der Waals surface area contributed by atoms with Crippen molar-refractivity contribution >= 4 is 0 Å². The summed E-state index contributed by atoms with van der Waals surface area (Å²) in [4.78, 5) is 0. The summed E-state index contributed by atoms with van der Waals surface area (Å²) in [6.07, 6.45) is 9.97. The Morgan fingerprint density at radius 1 is 0.812 bits per heavy atom. The molecule has 1 saturated heterocycles. The van der Waals surface area contributed by atoms with Crippen LogP contribution in [-0.2, 0) is 0 Å². The summed E-state index contributed by atoms with van der Waals surface area (Å²) in [6, 6.07) is 0. The van der Waals surface area contributed by atoms with Crippen LogP contribution >= 0.6 is 0 Å². The van der Waals surface area contributed by atoms with Crippen molar-refractivity contribution < 1.29 is 9.05 Å². The standard InChI is InChI=1S/C5H11N.2C2H2N2O/c1-2-4-6-5-3-1;2*1-2-5-4-3-1/h6H,1-5H2;2*1-2H. The molecule has 0 aliphatic carbocycles. The Morgan fingerprint density at radius 3 is 1.50 bits per heavy atom. The molecule has 0 unspecified atom stereocenters. The van der Waals surface area contributed by atoms with Gasteiger partial charge in [-0.3, -0.25) is 0 Å². The van der Waals surface area contributed by atoms with Crippen LogP contribution in [-0.4, -0.2) is 33.8 Å². The fourth-order valence-corrected chi connectivity index (χ4v) is 1.07. The van der Waals surface area contributed by atoms with Crippen molar-refractivity contribution in [1.29, 1.82) is 0 Å². The van der Waals surface area contributed by atoms with Crippen molar-refractivity contribution in [2.24, 2.45) is 0 Å². The van der Waals surface area contributed by atoms with Crippen molar-refractivity contribution in [1.82, 2.24) is 26.1 Å². The maximum absolute atomic E-state index is 4.22. The van der Waals surface area contributed by atoms with Crippen LogP contribution in [0.3, 0.4) is 0 Å². The normalized spacial score (nSPS) is 14.0. The molecule has 1 N–H and O–H groups in total. The lowest BCUT2D eigenvalue weighted by atomic mass is 10.2. The number of hydrogen-bond acceptors (Lipinski definition) is 7. The fourth-order valence-electron chi connectivity index (χ4n) is 1.07. The van der Waals surface area contributed by atoms with Crippen molar-refractivity contribution in [2.75, 3.05) is 13.1 Å². The first-order valence-corrected chi connectivity index (χ1v) is 5.13. The molecule has 0 atom stereocenters. The predicted molar refractivity (Wildman–Crippen MR) is 55.3 cm³/mol. The number of hydrogen-bond donors (Lipinski definition) is 1. The second-order valence-corrected chi connectivity index (χ2v) is 2.99. The zero-order valence-corrected chi connectivity index (χ0v) is 8.95. The van der Waals surface area contributed by atoms with Gasteiger partial charge in [0.1, 0.15) is 12.5 Å². The number of rotatable bonds is 0. The van der Waals surface area contributed by atoms with Crippen LogP contribution in [0.1, 0.15) is 19.3 Å². The first-order chi connectivity index (χ1) is 8.00. The van der Waals surface area contributed by atoms with Crippen LogP contribution in [0, 0.1) is 0 Å². The van der Waals surface area contributed by atoms with Gasteiger partial charge in [-0.05, 0) is 25.9 Å². The van der Waals surface area contributed by atoms with E-state index in [1.807, 2.05) is 0 Å². The first kappa shape index (κ1) is 12.3.